The summed E-state index contributed by atoms with van der Waals surface area (Å²) in [6, 6.07) is 3.05. The van der Waals surface area contributed by atoms with Crippen molar-refractivity contribution in [3.8, 4) is 0 Å². The predicted octanol–water partition coefficient (Wildman–Crippen LogP) is 2.78. The summed E-state index contributed by atoms with van der Waals surface area (Å²) in [4.78, 5) is 0. The highest BCUT2D eigenvalue weighted by Crippen LogP contribution is 2.18. The molecule has 0 heterocycles. The molecular formula is C12H17F2NO. The number of hydrogen-bond acceptors (Lipinski definition) is 2. The van der Waals surface area contributed by atoms with Gasteiger partial charge in [-0.05, 0) is 37.5 Å². The standard InChI is InChI=1S/C12H17F2NO/c1-2-16-5-3-4-12(15)9-6-10(13)8-11(14)7-9/h6-8,12H,2-5,15H2,1H3. The number of nitrogens with two attached hydrogens (primary N) is 1. The number of halogens is 2. The molecule has 0 aliphatic rings. The second-order valence-electron chi connectivity index (χ2n) is 3.65. The van der Waals surface area contributed by atoms with Crippen LogP contribution in [0, 0.1) is 11.6 Å². The summed E-state index contributed by atoms with van der Waals surface area (Å²) >= 11 is 0. The Balaban J connectivity index is 2.48. The molecule has 2 nitrogen and oxygen atoms in total. The third kappa shape index (κ3) is 4.24. The van der Waals surface area contributed by atoms with Crippen molar-refractivity contribution < 1.29 is 13.5 Å². The first-order chi connectivity index (χ1) is 7.63. The summed E-state index contributed by atoms with van der Waals surface area (Å²) in [7, 11) is 0. The summed E-state index contributed by atoms with van der Waals surface area (Å²) in [5, 5.41) is 0. The van der Waals surface area contributed by atoms with E-state index in [0.717, 1.165) is 12.5 Å². The fourth-order valence-electron chi connectivity index (χ4n) is 1.51. The van der Waals surface area contributed by atoms with Gasteiger partial charge in [0.25, 0.3) is 0 Å². The third-order valence-electron chi connectivity index (χ3n) is 2.32. The summed E-state index contributed by atoms with van der Waals surface area (Å²) in [5.41, 5.74) is 6.32. The van der Waals surface area contributed by atoms with Crippen LogP contribution in [0.2, 0.25) is 0 Å². The molecule has 0 spiro atoms. The van der Waals surface area contributed by atoms with E-state index in [1.807, 2.05) is 6.92 Å². The van der Waals surface area contributed by atoms with E-state index in [0.29, 0.717) is 25.2 Å². The van der Waals surface area contributed by atoms with E-state index in [9.17, 15) is 8.78 Å². The van der Waals surface area contributed by atoms with Crippen molar-refractivity contribution >= 4 is 0 Å². The molecule has 0 fully saturated rings. The van der Waals surface area contributed by atoms with Crippen LogP contribution in [0.4, 0.5) is 8.78 Å². The Hall–Kier alpha value is -1.00. The van der Waals surface area contributed by atoms with Crippen LogP contribution < -0.4 is 5.73 Å². The lowest BCUT2D eigenvalue weighted by Crippen LogP contribution is -2.12. The normalized spacial score (nSPS) is 12.8. The van der Waals surface area contributed by atoms with E-state index >= 15 is 0 Å². The third-order valence-corrected chi connectivity index (χ3v) is 2.32. The van der Waals surface area contributed by atoms with Gasteiger partial charge in [-0.2, -0.15) is 0 Å². The second-order valence-corrected chi connectivity index (χ2v) is 3.65. The van der Waals surface area contributed by atoms with Crippen LogP contribution in [0.5, 0.6) is 0 Å². The quantitative estimate of drug-likeness (QED) is 0.761. The second kappa shape index (κ2) is 6.55. The lowest BCUT2D eigenvalue weighted by atomic mass is 10.0. The molecule has 1 unspecified atom stereocenters. The topological polar surface area (TPSA) is 35.2 Å². The molecule has 0 aliphatic heterocycles. The Bertz CT molecular complexity index is 311. The van der Waals surface area contributed by atoms with Gasteiger partial charge >= 0.3 is 0 Å². The van der Waals surface area contributed by atoms with Gasteiger partial charge in [-0.25, -0.2) is 8.78 Å². The van der Waals surface area contributed by atoms with Gasteiger partial charge < -0.3 is 10.5 Å². The molecule has 1 aromatic rings. The van der Waals surface area contributed by atoms with Gasteiger partial charge in [0.05, 0.1) is 0 Å². The Morgan fingerprint density at radius 2 is 1.88 bits per heavy atom. The van der Waals surface area contributed by atoms with Crippen LogP contribution in [0.1, 0.15) is 31.4 Å². The van der Waals surface area contributed by atoms with Crippen molar-refractivity contribution in [2.24, 2.45) is 5.73 Å². The molecule has 0 radical (unpaired) electrons. The van der Waals surface area contributed by atoms with Crippen molar-refractivity contribution in [2.45, 2.75) is 25.8 Å². The zero-order valence-electron chi connectivity index (χ0n) is 9.38. The lowest BCUT2D eigenvalue weighted by molar-refractivity contribution is 0.142. The van der Waals surface area contributed by atoms with Crippen molar-refractivity contribution in [1.29, 1.82) is 0 Å². The predicted molar refractivity (Wildman–Crippen MR) is 59.0 cm³/mol. The van der Waals surface area contributed by atoms with Gasteiger partial charge in [-0.3, -0.25) is 0 Å². The number of rotatable bonds is 6. The molecule has 4 heteroatoms. The van der Waals surface area contributed by atoms with Gasteiger partial charge in [-0.1, -0.05) is 0 Å². The van der Waals surface area contributed by atoms with Crippen LogP contribution in [0.25, 0.3) is 0 Å². The maximum Gasteiger partial charge on any atom is 0.126 e. The molecule has 1 aromatic carbocycles. The zero-order chi connectivity index (χ0) is 12.0. The SMILES string of the molecule is CCOCCCC(N)c1cc(F)cc(F)c1. The Labute approximate surface area is 94.4 Å². The minimum absolute atomic E-state index is 0.342. The maximum atomic E-state index is 12.9. The van der Waals surface area contributed by atoms with Crippen LogP contribution in [-0.2, 0) is 4.74 Å². The Kier molecular flexibility index (Phi) is 5.35. The van der Waals surface area contributed by atoms with Gasteiger partial charge in [0, 0.05) is 25.3 Å². The monoisotopic (exact) mass is 229 g/mol. The molecule has 16 heavy (non-hydrogen) atoms. The highest BCUT2D eigenvalue weighted by atomic mass is 19.1. The average Bonchev–Trinajstić information content (AvgIpc) is 2.22. The van der Waals surface area contributed by atoms with E-state index < -0.39 is 11.6 Å². The largest absolute Gasteiger partial charge is 0.382 e. The van der Waals surface area contributed by atoms with Crippen LogP contribution >= 0.6 is 0 Å². The fourth-order valence-corrected chi connectivity index (χ4v) is 1.51. The van der Waals surface area contributed by atoms with Crippen molar-refractivity contribution in [2.75, 3.05) is 13.2 Å². The summed E-state index contributed by atoms with van der Waals surface area (Å²) < 4.78 is 31.0. The summed E-state index contributed by atoms with van der Waals surface area (Å²) in [5.74, 6) is -1.18. The first-order valence-corrected chi connectivity index (χ1v) is 5.42. The molecule has 2 N–H and O–H groups in total. The smallest absolute Gasteiger partial charge is 0.126 e. The number of hydrogen-bond donors (Lipinski definition) is 1. The minimum atomic E-state index is -0.588. The van der Waals surface area contributed by atoms with Crippen molar-refractivity contribution in [3.63, 3.8) is 0 Å². The van der Waals surface area contributed by atoms with Gasteiger partial charge in [0.1, 0.15) is 11.6 Å². The van der Waals surface area contributed by atoms with Gasteiger partial charge in [-0.15, -0.1) is 0 Å². The first kappa shape index (κ1) is 13.1. The number of benzene rings is 1. The molecule has 0 aromatic heterocycles. The van der Waals surface area contributed by atoms with E-state index in [-0.39, 0.29) is 6.04 Å². The highest BCUT2D eigenvalue weighted by molar-refractivity contribution is 5.20. The molecule has 1 atom stereocenters. The molecule has 0 amide bonds. The van der Waals surface area contributed by atoms with E-state index in [1.54, 1.807) is 0 Å². The molecular weight excluding hydrogens is 212 g/mol. The van der Waals surface area contributed by atoms with E-state index in [1.165, 1.54) is 12.1 Å². The molecule has 90 valence electrons. The van der Waals surface area contributed by atoms with E-state index in [4.69, 9.17) is 10.5 Å². The molecule has 0 aliphatic carbocycles. The zero-order valence-corrected chi connectivity index (χ0v) is 9.38. The average molecular weight is 229 g/mol. The first-order valence-electron chi connectivity index (χ1n) is 5.42. The van der Waals surface area contributed by atoms with Crippen LogP contribution in [0.3, 0.4) is 0 Å². The molecule has 0 bridgehead atoms. The Morgan fingerprint density at radius 1 is 1.25 bits per heavy atom. The maximum absolute atomic E-state index is 12.9. The lowest BCUT2D eigenvalue weighted by Gasteiger charge is -2.12. The number of ether oxygens (including phenoxy) is 1. The molecule has 0 saturated carbocycles. The van der Waals surface area contributed by atoms with Gasteiger partial charge in [0.2, 0.25) is 0 Å². The molecule has 1 rings (SSSR count). The van der Waals surface area contributed by atoms with Crippen LogP contribution in [0.15, 0.2) is 18.2 Å². The van der Waals surface area contributed by atoms with Crippen LogP contribution in [-0.4, -0.2) is 13.2 Å². The van der Waals surface area contributed by atoms with Crippen molar-refractivity contribution in [3.05, 3.63) is 35.4 Å². The Morgan fingerprint density at radius 3 is 2.44 bits per heavy atom. The molecule has 0 saturated heterocycles. The van der Waals surface area contributed by atoms with Gasteiger partial charge in [0.15, 0.2) is 0 Å². The van der Waals surface area contributed by atoms with Crippen molar-refractivity contribution in [1.82, 2.24) is 0 Å². The highest BCUT2D eigenvalue weighted by Gasteiger charge is 2.08. The minimum Gasteiger partial charge on any atom is -0.382 e. The van der Waals surface area contributed by atoms with E-state index in [2.05, 4.69) is 0 Å². The summed E-state index contributed by atoms with van der Waals surface area (Å²) in [6.07, 6.45) is 1.44. The fraction of sp³-hybridized carbons (Fsp3) is 0.500. The summed E-state index contributed by atoms with van der Waals surface area (Å²) in [6.45, 7) is 3.22.